The number of rotatable bonds is 3. The molecule has 5 nitrogen and oxygen atoms in total. The third-order valence-electron chi connectivity index (χ3n) is 2.77. The first-order chi connectivity index (χ1) is 8.14. The molecule has 0 unspecified atom stereocenters. The molecule has 0 aliphatic carbocycles. The SMILES string of the molecule is O=C(NC1(C(=O)O)CCSCC1)c1cscn1. The fraction of sp³-hybridized carbons (Fsp3) is 0.500. The number of hydrogen-bond acceptors (Lipinski definition) is 5. The smallest absolute Gasteiger partial charge is 0.329 e. The average Bonchev–Trinajstić information content (AvgIpc) is 2.83. The van der Waals surface area contributed by atoms with E-state index in [1.807, 2.05) is 0 Å². The number of aromatic nitrogens is 1. The van der Waals surface area contributed by atoms with Crippen LogP contribution in [0.1, 0.15) is 23.3 Å². The quantitative estimate of drug-likeness (QED) is 0.865. The number of amides is 1. The van der Waals surface area contributed by atoms with E-state index in [0.29, 0.717) is 12.8 Å². The van der Waals surface area contributed by atoms with E-state index in [9.17, 15) is 14.7 Å². The number of carboxylic acid groups (broad SMARTS) is 1. The van der Waals surface area contributed by atoms with Gasteiger partial charge in [0, 0.05) is 5.38 Å². The lowest BCUT2D eigenvalue weighted by Crippen LogP contribution is -2.56. The van der Waals surface area contributed by atoms with Crippen LogP contribution < -0.4 is 5.32 Å². The Bertz CT molecular complexity index is 413. The van der Waals surface area contributed by atoms with Crippen LogP contribution in [0.25, 0.3) is 0 Å². The van der Waals surface area contributed by atoms with Gasteiger partial charge in [-0.2, -0.15) is 11.8 Å². The van der Waals surface area contributed by atoms with Crippen molar-refractivity contribution in [3.8, 4) is 0 Å². The third kappa shape index (κ3) is 2.61. The number of carbonyl (C=O) groups excluding carboxylic acids is 1. The molecule has 0 aromatic carbocycles. The summed E-state index contributed by atoms with van der Waals surface area (Å²) in [5.41, 5.74) is 0.722. The topological polar surface area (TPSA) is 79.3 Å². The Morgan fingerprint density at radius 1 is 1.41 bits per heavy atom. The number of nitrogens with zero attached hydrogens (tertiary/aromatic N) is 1. The Morgan fingerprint density at radius 3 is 2.65 bits per heavy atom. The summed E-state index contributed by atoms with van der Waals surface area (Å²) in [5.74, 6) is 0.148. The Labute approximate surface area is 107 Å². The fourth-order valence-corrected chi connectivity index (χ4v) is 3.44. The summed E-state index contributed by atoms with van der Waals surface area (Å²) in [6.45, 7) is 0. The van der Waals surface area contributed by atoms with Crippen LogP contribution in [0, 0.1) is 0 Å². The van der Waals surface area contributed by atoms with Crippen molar-refractivity contribution in [3.63, 3.8) is 0 Å². The monoisotopic (exact) mass is 272 g/mol. The van der Waals surface area contributed by atoms with Crippen molar-refractivity contribution >= 4 is 35.0 Å². The second-order valence-corrected chi connectivity index (χ2v) is 5.77. The van der Waals surface area contributed by atoms with Gasteiger partial charge in [-0.3, -0.25) is 4.79 Å². The zero-order chi connectivity index (χ0) is 12.3. The predicted octanol–water partition coefficient (Wildman–Crippen LogP) is 1.22. The predicted molar refractivity (Wildman–Crippen MR) is 66.5 cm³/mol. The summed E-state index contributed by atoms with van der Waals surface area (Å²) in [6, 6.07) is 0. The molecule has 1 aromatic heterocycles. The van der Waals surface area contributed by atoms with E-state index in [1.165, 1.54) is 11.3 Å². The molecule has 0 radical (unpaired) electrons. The van der Waals surface area contributed by atoms with Gasteiger partial charge in [0.1, 0.15) is 11.2 Å². The van der Waals surface area contributed by atoms with Gasteiger partial charge in [-0.25, -0.2) is 9.78 Å². The van der Waals surface area contributed by atoms with E-state index < -0.39 is 17.4 Å². The Morgan fingerprint density at radius 2 is 2.12 bits per heavy atom. The molecular weight excluding hydrogens is 260 g/mol. The Hall–Kier alpha value is -1.08. The first kappa shape index (κ1) is 12.4. The maximum Gasteiger partial charge on any atom is 0.329 e. The molecule has 1 aliphatic rings. The van der Waals surface area contributed by atoms with Crippen LogP contribution in [-0.4, -0.2) is 39.0 Å². The molecule has 7 heteroatoms. The minimum absolute atomic E-state index is 0.286. The highest BCUT2D eigenvalue weighted by Gasteiger charge is 2.41. The summed E-state index contributed by atoms with van der Waals surface area (Å²) >= 11 is 3.02. The van der Waals surface area contributed by atoms with Gasteiger partial charge >= 0.3 is 5.97 Å². The van der Waals surface area contributed by atoms with Gasteiger partial charge in [-0.15, -0.1) is 11.3 Å². The Kier molecular flexibility index (Phi) is 3.68. The van der Waals surface area contributed by atoms with Crippen LogP contribution in [-0.2, 0) is 4.79 Å². The standard InChI is InChI=1S/C10H12N2O3S2/c13-8(7-5-17-6-11-7)12-10(9(14)15)1-3-16-4-2-10/h5-6H,1-4H2,(H,12,13)(H,14,15). The highest BCUT2D eigenvalue weighted by Crippen LogP contribution is 2.27. The van der Waals surface area contributed by atoms with Crippen molar-refractivity contribution in [1.29, 1.82) is 0 Å². The van der Waals surface area contributed by atoms with Gasteiger partial charge in [-0.1, -0.05) is 0 Å². The summed E-state index contributed by atoms with van der Waals surface area (Å²) < 4.78 is 0. The van der Waals surface area contributed by atoms with E-state index in [1.54, 1.807) is 22.7 Å². The lowest BCUT2D eigenvalue weighted by atomic mass is 9.92. The number of carbonyl (C=O) groups is 2. The Balaban J connectivity index is 2.13. The number of aliphatic carboxylic acids is 1. The highest BCUT2D eigenvalue weighted by atomic mass is 32.2. The normalized spacial score (nSPS) is 18.6. The van der Waals surface area contributed by atoms with E-state index in [0.717, 1.165) is 11.5 Å². The number of thiazole rings is 1. The fourth-order valence-electron chi connectivity index (χ4n) is 1.72. The number of hydrogen-bond donors (Lipinski definition) is 2. The van der Waals surface area contributed by atoms with E-state index in [-0.39, 0.29) is 5.69 Å². The molecule has 1 amide bonds. The van der Waals surface area contributed by atoms with E-state index in [4.69, 9.17) is 0 Å². The molecule has 1 fully saturated rings. The van der Waals surface area contributed by atoms with Crippen molar-refractivity contribution in [3.05, 3.63) is 16.6 Å². The number of carboxylic acids is 1. The molecule has 0 saturated carbocycles. The summed E-state index contributed by atoms with van der Waals surface area (Å²) in [7, 11) is 0. The van der Waals surface area contributed by atoms with Gasteiger partial charge < -0.3 is 10.4 Å². The number of thioether (sulfide) groups is 1. The lowest BCUT2D eigenvalue weighted by molar-refractivity contribution is -0.144. The van der Waals surface area contributed by atoms with Crippen molar-refractivity contribution in [2.45, 2.75) is 18.4 Å². The molecular formula is C10H12N2O3S2. The maximum absolute atomic E-state index is 11.8. The summed E-state index contributed by atoms with van der Waals surface area (Å²) in [4.78, 5) is 27.1. The van der Waals surface area contributed by atoms with Crippen molar-refractivity contribution in [2.24, 2.45) is 0 Å². The van der Waals surface area contributed by atoms with E-state index in [2.05, 4.69) is 10.3 Å². The van der Waals surface area contributed by atoms with Gasteiger partial charge in [0.2, 0.25) is 0 Å². The molecule has 1 aliphatic heterocycles. The second kappa shape index (κ2) is 5.05. The van der Waals surface area contributed by atoms with Crippen LogP contribution in [0.4, 0.5) is 0 Å². The molecule has 92 valence electrons. The zero-order valence-electron chi connectivity index (χ0n) is 9.01. The van der Waals surface area contributed by atoms with Crippen molar-refractivity contribution in [1.82, 2.24) is 10.3 Å². The van der Waals surface area contributed by atoms with Crippen molar-refractivity contribution < 1.29 is 14.7 Å². The first-order valence-electron chi connectivity index (χ1n) is 5.16. The summed E-state index contributed by atoms with van der Waals surface area (Å²) in [5, 5.41) is 13.5. The molecule has 2 rings (SSSR count). The zero-order valence-corrected chi connectivity index (χ0v) is 10.6. The molecule has 0 atom stereocenters. The molecule has 0 bridgehead atoms. The molecule has 2 heterocycles. The first-order valence-corrected chi connectivity index (χ1v) is 7.26. The molecule has 1 aromatic rings. The van der Waals surface area contributed by atoms with Crippen LogP contribution >= 0.6 is 23.1 Å². The summed E-state index contributed by atoms with van der Waals surface area (Å²) in [6.07, 6.45) is 0.922. The largest absolute Gasteiger partial charge is 0.480 e. The lowest BCUT2D eigenvalue weighted by Gasteiger charge is -2.33. The van der Waals surface area contributed by atoms with Crippen LogP contribution in [0.2, 0.25) is 0 Å². The average molecular weight is 272 g/mol. The van der Waals surface area contributed by atoms with Crippen LogP contribution in [0.15, 0.2) is 10.9 Å². The van der Waals surface area contributed by atoms with E-state index >= 15 is 0 Å². The highest BCUT2D eigenvalue weighted by molar-refractivity contribution is 7.99. The van der Waals surface area contributed by atoms with Crippen LogP contribution in [0.5, 0.6) is 0 Å². The third-order valence-corrected chi connectivity index (χ3v) is 4.35. The minimum Gasteiger partial charge on any atom is -0.480 e. The molecule has 17 heavy (non-hydrogen) atoms. The van der Waals surface area contributed by atoms with Gasteiger partial charge in [-0.05, 0) is 24.3 Å². The number of nitrogens with one attached hydrogen (secondary N) is 1. The van der Waals surface area contributed by atoms with Crippen LogP contribution in [0.3, 0.4) is 0 Å². The minimum atomic E-state index is -1.12. The van der Waals surface area contributed by atoms with Gasteiger partial charge in [0.15, 0.2) is 0 Å². The van der Waals surface area contributed by atoms with Crippen molar-refractivity contribution in [2.75, 3.05) is 11.5 Å². The van der Waals surface area contributed by atoms with Gasteiger partial charge in [0.05, 0.1) is 5.51 Å². The molecule has 0 spiro atoms. The second-order valence-electron chi connectivity index (χ2n) is 3.83. The maximum atomic E-state index is 11.8. The molecule has 2 N–H and O–H groups in total. The molecule has 1 saturated heterocycles. The van der Waals surface area contributed by atoms with Gasteiger partial charge in [0.25, 0.3) is 5.91 Å².